The smallest absolute Gasteiger partial charge is 0.339 e. The van der Waals surface area contributed by atoms with E-state index in [0.717, 1.165) is 5.69 Å². The van der Waals surface area contributed by atoms with E-state index in [1.807, 2.05) is 6.07 Å². The van der Waals surface area contributed by atoms with Crippen LogP contribution in [0.25, 0.3) is 11.5 Å². The zero-order valence-corrected chi connectivity index (χ0v) is 15.0. The Balaban J connectivity index is 1.45. The van der Waals surface area contributed by atoms with Crippen molar-refractivity contribution in [2.45, 2.75) is 24.9 Å². The van der Waals surface area contributed by atoms with Gasteiger partial charge in [-0.1, -0.05) is 11.2 Å². The van der Waals surface area contributed by atoms with E-state index < -0.39 is 12.1 Å². The van der Waals surface area contributed by atoms with Gasteiger partial charge in [-0.2, -0.15) is 28.4 Å². The topological polar surface area (TPSA) is 97.9 Å². The van der Waals surface area contributed by atoms with Crippen molar-refractivity contribution >= 4 is 5.91 Å². The number of hydrogen-bond acceptors (Lipinski definition) is 7. The molecular weight excluding hydrogens is 389 g/mol. The third-order valence-corrected chi connectivity index (χ3v) is 4.70. The summed E-state index contributed by atoms with van der Waals surface area (Å²) >= 11 is 0. The minimum atomic E-state index is -4.70. The SMILES string of the molecule is O=C(c1ccnnc1)N1CCC(c2cccc(-c3noc(C(F)(F)F)n3)n2)CC1. The molecule has 0 N–H and O–H groups in total. The van der Waals surface area contributed by atoms with Crippen LogP contribution >= 0.6 is 0 Å². The van der Waals surface area contributed by atoms with Gasteiger partial charge in [0.15, 0.2) is 0 Å². The van der Waals surface area contributed by atoms with Crippen molar-refractivity contribution < 1.29 is 22.5 Å². The van der Waals surface area contributed by atoms with Crippen molar-refractivity contribution in [3.05, 3.63) is 53.8 Å². The van der Waals surface area contributed by atoms with E-state index in [-0.39, 0.29) is 23.3 Å². The summed E-state index contributed by atoms with van der Waals surface area (Å²) < 4.78 is 42.2. The number of pyridine rings is 1. The van der Waals surface area contributed by atoms with Gasteiger partial charge < -0.3 is 9.42 Å². The summed E-state index contributed by atoms with van der Waals surface area (Å²) in [5.41, 5.74) is 1.41. The number of alkyl halides is 3. The number of halogens is 3. The Bertz CT molecular complexity index is 1000. The fourth-order valence-corrected chi connectivity index (χ4v) is 3.22. The second kappa shape index (κ2) is 7.57. The fourth-order valence-electron chi connectivity index (χ4n) is 3.22. The molecule has 0 unspecified atom stereocenters. The highest BCUT2D eigenvalue weighted by molar-refractivity contribution is 5.93. The summed E-state index contributed by atoms with van der Waals surface area (Å²) in [5, 5.41) is 10.8. The molecule has 0 bridgehead atoms. The molecule has 0 spiro atoms. The van der Waals surface area contributed by atoms with E-state index in [4.69, 9.17) is 0 Å². The predicted molar refractivity (Wildman–Crippen MR) is 92.4 cm³/mol. The fraction of sp³-hybridized carbons (Fsp3) is 0.333. The number of nitrogens with zero attached hydrogens (tertiary/aromatic N) is 6. The second-order valence-electron chi connectivity index (χ2n) is 6.57. The Hall–Kier alpha value is -3.37. The quantitative estimate of drug-likeness (QED) is 0.662. The van der Waals surface area contributed by atoms with Crippen molar-refractivity contribution in [2.24, 2.45) is 0 Å². The van der Waals surface area contributed by atoms with Crippen LogP contribution in [0.1, 0.15) is 40.7 Å². The molecule has 11 heteroatoms. The largest absolute Gasteiger partial charge is 0.471 e. The van der Waals surface area contributed by atoms with E-state index in [9.17, 15) is 18.0 Å². The number of rotatable bonds is 3. The van der Waals surface area contributed by atoms with E-state index in [2.05, 4.69) is 29.8 Å². The molecule has 150 valence electrons. The number of aromatic nitrogens is 5. The minimum Gasteiger partial charge on any atom is -0.339 e. The normalized spacial score (nSPS) is 15.5. The molecule has 1 aliphatic heterocycles. The Labute approximate surface area is 162 Å². The van der Waals surface area contributed by atoms with Gasteiger partial charge in [0, 0.05) is 24.7 Å². The van der Waals surface area contributed by atoms with E-state index in [1.165, 1.54) is 18.5 Å². The number of piperidine rings is 1. The lowest BCUT2D eigenvalue weighted by molar-refractivity contribution is -0.159. The van der Waals surface area contributed by atoms with Crippen LogP contribution in [-0.2, 0) is 6.18 Å². The average Bonchev–Trinajstić information content (AvgIpc) is 3.25. The van der Waals surface area contributed by atoms with Crippen molar-refractivity contribution in [1.29, 1.82) is 0 Å². The second-order valence-corrected chi connectivity index (χ2v) is 6.57. The maximum Gasteiger partial charge on any atom is 0.471 e. The highest BCUT2D eigenvalue weighted by atomic mass is 19.4. The van der Waals surface area contributed by atoms with Crippen LogP contribution in [-0.4, -0.2) is 49.2 Å². The molecule has 1 saturated heterocycles. The van der Waals surface area contributed by atoms with Crippen LogP contribution in [0.5, 0.6) is 0 Å². The summed E-state index contributed by atoms with van der Waals surface area (Å²) in [6, 6.07) is 6.65. The molecule has 0 aliphatic carbocycles. The van der Waals surface area contributed by atoms with Crippen LogP contribution in [0.3, 0.4) is 0 Å². The molecule has 0 aromatic carbocycles. The predicted octanol–water partition coefficient (Wildman–Crippen LogP) is 2.96. The summed E-state index contributed by atoms with van der Waals surface area (Å²) in [5.74, 6) is -1.65. The maximum absolute atomic E-state index is 12.7. The molecule has 1 amide bonds. The first-order valence-electron chi connectivity index (χ1n) is 8.86. The highest BCUT2D eigenvalue weighted by Gasteiger charge is 2.38. The molecule has 8 nitrogen and oxygen atoms in total. The lowest BCUT2D eigenvalue weighted by Gasteiger charge is -2.31. The van der Waals surface area contributed by atoms with E-state index in [1.54, 1.807) is 17.0 Å². The van der Waals surface area contributed by atoms with Crippen molar-refractivity contribution in [2.75, 3.05) is 13.1 Å². The number of carbonyl (C=O) groups is 1. The molecule has 4 heterocycles. The summed E-state index contributed by atoms with van der Waals surface area (Å²) in [4.78, 5) is 22.0. The van der Waals surface area contributed by atoms with Gasteiger partial charge in [0.2, 0.25) is 5.82 Å². The third-order valence-electron chi connectivity index (χ3n) is 4.70. The Morgan fingerprint density at radius 1 is 1.10 bits per heavy atom. The Kier molecular flexibility index (Phi) is 4.95. The zero-order chi connectivity index (χ0) is 20.4. The van der Waals surface area contributed by atoms with Crippen molar-refractivity contribution in [3.8, 4) is 11.5 Å². The van der Waals surface area contributed by atoms with Gasteiger partial charge in [-0.25, -0.2) is 4.98 Å². The Morgan fingerprint density at radius 2 is 1.90 bits per heavy atom. The van der Waals surface area contributed by atoms with Crippen LogP contribution in [0.2, 0.25) is 0 Å². The monoisotopic (exact) mass is 404 g/mol. The van der Waals surface area contributed by atoms with Crippen LogP contribution < -0.4 is 0 Å². The molecule has 1 aliphatic rings. The highest BCUT2D eigenvalue weighted by Crippen LogP contribution is 2.31. The molecule has 0 saturated carbocycles. The first-order valence-corrected chi connectivity index (χ1v) is 8.86. The van der Waals surface area contributed by atoms with Gasteiger partial charge in [-0.15, -0.1) is 0 Å². The van der Waals surface area contributed by atoms with Gasteiger partial charge in [-0.05, 0) is 31.0 Å². The molecule has 0 atom stereocenters. The number of hydrogen-bond donors (Lipinski definition) is 0. The average molecular weight is 404 g/mol. The van der Waals surface area contributed by atoms with Crippen LogP contribution in [0.15, 0.2) is 41.2 Å². The third kappa shape index (κ3) is 4.08. The zero-order valence-electron chi connectivity index (χ0n) is 15.0. The van der Waals surface area contributed by atoms with Crippen LogP contribution in [0.4, 0.5) is 13.2 Å². The van der Waals surface area contributed by atoms with Gasteiger partial charge in [0.1, 0.15) is 5.69 Å². The van der Waals surface area contributed by atoms with E-state index >= 15 is 0 Å². The first kappa shape index (κ1) is 19.0. The summed E-state index contributed by atoms with van der Waals surface area (Å²) in [6.07, 6.45) is -0.439. The van der Waals surface area contributed by atoms with Crippen molar-refractivity contribution in [1.82, 2.24) is 30.2 Å². The number of amides is 1. The standard InChI is InChI=1S/C18H15F3N6O2/c19-18(20,21)17-25-15(26-29-17)14-3-1-2-13(24-14)11-5-8-27(9-6-11)16(28)12-4-7-22-23-10-12/h1-4,7,10-11H,5-6,8-9H2. The van der Waals surface area contributed by atoms with E-state index in [0.29, 0.717) is 31.5 Å². The summed E-state index contributed by atoms with van der Waals surface area (Å²) in [7, 11) is 0. The molecule has 29 heavy (non-hydrogen) atoms. The van der Waals surface area contributed by atoms with Gasteiger partial charge in [0.05, 0.1) is 18.0 Å². The number of likely N-dealkylation sites (tertiary alicyclic amines) is 1. The number of carbonyl (C=O) groups excluding carboxylic acids is 1. The molecule has 3 aromatic rings. The van der Waals surface area contributed by atoms with Crippen molar-refractivity contribution in [3.63, 3.8) is 0 Å². The molecule has 3 aromatic heterocycles. The maximum atomic E-state index is 12.7. The molecule has 4 rings (SSSR count). The lowest BCUT2D eigenvalue weighted by Crippen LogP contribution is -2.38. The Morgan fingerprint density at radius 3 is 2.55 bits per heavy atom. The van der Waals surface area contributed by atoms with Gasteiger partial charge >= 0.3 is 12.1 Å². The minimum absolute atomic E-state index is 0.0727. The van der Waals surface area contributed by atoms with Gasteiger partial charge in [-0.3, -0.25) is 4.79 Å². The summed E-state index contributed by atoms with van der Waals surface area (Å²) in [6.45, 7) is 1.08. The molecule has 1 fully saturated rings. The first-order chi connectivity index (χ1) is 13.9. The molecule has 0 radical (unpaired) electrons. The lowest BCUT2D eigenvalue weighted by atomic mass is 9.92. The van der Waals surface area contributed by atoms with Gasteiger partial charge in [0.25, 0.3) is 5.91 Å². The molecular formula is C18H15F3N6O2. The van der Waals surface area contributed by atoms with Crippen LogP contribution in [0, 0.1) is 0 Å².